The third-order valence-electron chi connectivity index (χ3n) is 4.43. The zero-order valence-electron chi connectivity index (χ0n) is 13.8. The molecule has 0 bridgehead atoms. The van der Waals surface area contributed by atoms with Crippen LogP contribution in [0.3, 0.4) is 0 Å². The van der Waals surface area contributed by atoms with Crippen molar-refractivity contribution in [3.05, 3.63) is 83.2 Å². The molecule has 3 nitrogen and oxygen atoms in total. The van der Waals surface area contributed by atoms with Crippen LogP contribution in [0.1, 0.15) is 22.5 Å². The van der Waals surface area contributed by atoms with Crippen LogP contribution in [0, 0.1) is 13.8 Å². The van der Waals surface area contributed by atoms with Crippen molar-refractivity contribution in [2.24, 2.45) is 0 Å². The van der Waals surface area contributed by atoms with Crippen LogP contribution < -0.4 is 0 Å². The summed E-state index contributed by atoms with van der Waals surface area (Å²) >= 11 is 0. The SMILES string of the molecule is Cc1ccc(-c2c(C)nn3c2CC(=O)C=C3c2ccccc2)cc1. The third-order valence-corrected chi connectivity index (χ3v) is 4.43. The zero-order chi connectivity index (χ0) is 16.7. The van der Waals surface area contributed by atoms with Gasteiger partial charge in [0.05, 0.1) is 23.5 Å². The molecule has 1 aliphatic rings. The summed E-state index contributed by atoms with van der Waals surface area (Å²) in [5.74, 6) is 0.120. The van der Waals surface area contributed by atoms with Crippen molar-refractivity contribution in [3.8, 4) is 11.1 Å². The number of carbonyl (C=O) groups excluding carboxylic acids is 1. The fourth-order valence-electron chi connectivity index (χ4n) is 3.28. The molecule has 0 saturated heterocycles. The molecule has 1 aromatic heterocycles. The summed E-state index contributed by atoms with van der Waals surface area (Å²) in [4.78, 5) is 12.3. The molecular formula is C21H18N2O. The summed E-state index contributed by atoms with van der Waals surface area (Å²) in [6.07, 6.45) is 2.09. The van der Waals surface area contributed by atoms with E-state index in [4.69, 9.17) is 5.10 Å². The number of allylic oxidation sites excluding steroid dienone is 1. The number of carbonyl (C=O) groups is 1. The molecule has 2 heterocycles. The molecule has 3 heteroatoms. The Morgan fingerprint density at radius 2 is 1.62 bits per heavy atom. The van der Waals surface area contributed by atoms with Crippen molar-refractivity contribution in [2.45, 2.75) is 20.3 Å². The number of fused-ring (bicyclic) bond motifs is 1. The van der Waals surface area contributed by atoms with Gasteiger partial charge < -0.3 is 0 Å². The van der Waals surface area contributed by atoms with E-state index in [1.165, 1.54) is 5.56 Å². The standard InChI is InChI=1S/C21H18N2O/c1-14-8-10-17(11-9-14)21-15(2)22-23-19(12-18(24)13-20(21)23)16-6-4-3-5-7-16/h3-12H,13H2,1-2H3. The summed E-state index contributed by atoms with van der Waals surface area (Å²) in [5.41, 5.74) is 7.19. The highest BCUT2D eigenvalue weighted by molar-refractivity contribution is 6.01. The number of hydrogen-bond donors (Lipinski definition) is 0. The van der Waals surface area contributed by atoms with Gasteiger partial charge >= 0.3 is 0 Å². The minimum absolute atomic E-state index is 0.120. The van der Waals surface area contributed by atoms with Crippen LogP contribution in [0.25, 0.3) is 16.8 Å². The molecule has 0 atom stereocenters. The zero-order valence-corrected chi connectivity index (χ0v) is 13.8. The van der Waals surface area contributed by atoms with Crippen molar-refractivity contribution < 1.29 is 4.79 Å². The second-order valence-corrected chi connectivity index (χ2v) is 6.22. The van der Waals surface area contributed by atoms with Gasteiger partial charge in [-0.25, -0.2) is 4.68 Å². The molecule has 2 aromatic carbocycles. The minimum Gasteiger partial charge on any atom is -0.294 e. The molecule has 3 aromatic rings. The van der Waals surface area contributed by atoms with Crippen LogP contribution in [0.4, 0.5) is 0 Å². The number of nitrogens with zero attached hydrogens (tertiary/aromatic N) is 2. The molecule has 118 valence electrons. The molecule has 0 radical (unpaired) electrons. The molecule has 4 rings (SSSR count). The average Bonchev–Trinajstić information content (AvgIpc) is 2.91. The molecule has 0 spiro atoms. The first-order chi connectivity index (χ1) is 11.6. The van der Waals surface area contributed by atoms with E-state index in [2.05, 4.69) is 31.2 Å². The van der Waals surface area contributed by atoms with E-state index >= 15 is 0 Å². The Hall–Kier alpha value is -2.94. The number of aryl methyl sites for hydroxylation is 2. The Morgan fingerprint density at radius 3 is 2.33 bits per heavy atom. The Bertz CT molecular complexity index is 948. The van der Waals surface area contributed by atoms with Gasteiger partial charge in [0.2, 0.25) is 0 Å². The Morgan fingerprint density at radius 1 is 0.917 bits per heavy atom. The highest BCUT2D eigenvalue weighted by Gasteiger charge is 2.25. The van der Waals surface area contributed by atoms with Gasteiger partial charge in [0.25, 0.3) is 0 Å². The quantitative estimate of drug-likeness (QED) is 0.711. The van der Waals surface area contributed by atoms with E-state index in [0.29, 0.717) is 6.42 Å². The van der Waals surface area contributed by atoms with Crippen LogP contribution in [0.5, 0.6) is 0 Å². The van der Waals surface area contributed by atoms with Gasteiger partial charge in [-0.15, -0.1) is 0 Å². The van der Waals surface area contributed by atoms with Gasteiger partial charge in [0.15, 0.2) is 5.78 Å². The van der Waals surface area contributed by atoms with Gasteiger partial charge in [0, 0.05) is 17.2 Å². The fraction of sp³-hybridized carbons (Fsp3) is 0.143. The van der Waals surface area contributed by atoms with E-state index in [9.17, 15) is 4.79 Å². The van der Waals surface area contributed by atoms with E-state index < -0.39 is 0 Å². The monoisotopic (exact) mass is 314 g/mol. The third kappa shape index (κ3) is 2.38. The van der Waals surface area contributed by atoms with Crippen molar-refractivity contribution in [2.75, 3.05) is 0 Å². The van der Waals surface area contributed by atoms with E-state index in [1.54, 1.807) is 6.08 Å². The van der Waals surface area contributed by atoms with Crippen molar-refractivity contribution in [3.63, 3.8) is 0 Å². The number of ketones is 1. The molecule has 0 saturated carbocycles. The van der Waals surface area contributed by atoms with Crippen LogP contribution in [-0.4, -0.2) is 15.6 Å². The molecule has 1 aliphatic heterocycles. The Balaban J connectivity index is 1.91. The van der Waals surface area contributed by atoms with E-state index in [0.717, 1.165) is 33.8 Å². The number of hydrogen-bond acceptors (Lipinski definition) is 2. The Kier molecular flexibility index (Phi) is 3.42. The number of benzene rings is 2. The summed E-state index contributed by atoms with van der Waals surface area (Å²) < 4.78 is 1.93. The maximum Gasteiger partial charge on any atom is 0.163 e. The minimum atomic E-state index is 0.120. The highest BCUT2D eigenvalue weighted by Crippen LogP contribution is 2.33. The molecule has 0 amide bonds. The topological polar surface area (TPSA) is 34.9 Å². The van der Waals surface area contributed by atoms with Gasteiger partial charge in [-0.1, -0.05) is 60.2 Å². The molecular weight excluding hydrogens is 296 g/mol. The smallest absolute Gasteiger partial charge is 0.163 e. The highest BCUT2D eigenvalue weighted by atomic mass is 16.1. The predicted molar refractivity (Wildman–Crippen MR) is 95.7 cm³/mol. The van der Waals surface area contributed by atoms with Gasteiger partial charge in [-0.3, -0.25) is 4.79 Å². The van der Waals surface area contributed by atoms with Crippen LogP contribution in [0.15, 0.2) is 60.7 Å². The van der Waals surface area contributed by atoms with Gasteiger partial charge in [-0.2, -0.15) is 5.10 Å². The molecule has 0 aliphatic carbocycles. The lowest BCUT2D eigenvalue weighted by atomic mass is 9.97. The van der Waals surface area contributed by atoms with Crippen molar-refractivity contribution in [1.82, 2.24) is 9.78 Å². The molecule has 0 fully saturated rings. The summed E-state index contributed by atoms with van der Waals surface area (Å²) in [5, 5.41) is 4.74. The lowest BCUT2D eigenvalue weighted by molar-refractivity contribution is -0.114. The normalized spacial score (nSPS) is 13.6. The fourth-order valence-corrected chi connectivity index (χ4v) is 3.28. The first kappa shape index (κ1) is 14.6. The largest absolute Gasteiger partial charge is 0.294 e. The molecule has 0 N–H and O–H groups in total. The first-order valence-corrected chi connectivity index (χ1v) is 8.09. The van der Waals surface area contributed by atoms with Gasteiger partial charge in [0.1, 0.15) is 0 Å². The average molecular weight is 314 g/mol. The lowest BCUT2D eigenvalue weighted by Crippen LogP contribution is -2.16. The van der Waals surface area contributed by atoms with Crippen LogP contribution in [-0.2, 0) is 11.2 Å². The second-order valence-electron chi connectivity index (χ2n) is 6.22. The van der Waals surface area contributed by atoms with Crippen molar-refractivity contribution in [1.29, 1.82) is 0 Å². The Labute approximate surface area is 141 Å². The van der Waals surface area contributed by atoms with E-state index in [-0.39, 0.29) is 5.78 Å². The maximum atomic E-state index is 12.3. The molecule has 0 unspecified atom stereocenters. The van der Waals surface area contributed by atoms with Crippen LogP contribution >= 0.6 is 0 Å². The van der Waals surface area contributed by atoms with Crippen molar-refractivity contribution >= 4 is 11.5 Å². The second kappa shape index (κ2) is 5.60. The van der Waals surface area contributed by atoms with E-state index in [1.807, 2.05) is 41.9 Å². The summed E-state index contributed by atoms with van der Waals surface area (Å²) in [6, 6.07) is 18.3. The first-order valence-electron chi connectivity index (χ1n) is 8.09. The number of aromatic nitrogens is 2. The maximum absolute atomic E-state index is 12.3. The lowest BCUT2D eigenvalue weighted by Gasteiger charge is -2.17. The summed E-state index contributed by atoms with van der Waals surface area (Å²) in [6.45, 7) is 4.08. The van der Waals surface area contributed by atoms with Crippen LogP contribution in [0.2, 0.25) is 0 Å². The molecule has 24 heavy (non-hydrogen) atoms. The number of rotatable bonds is 2. The summed E-state index contributed by atoms with van der Waals surface area (Å²) in [7, 11) is 0. The predicted octanol–water partition coefficient (Wildman–Crippen LogP) is 4.18. The van der Waals surface area contributed by atoms with Gasteiger partial charge in [-0.05, 0) is 19.4 Å².